The van der Waals surface area contributed by atoms with Crippen LogP contribution in [-0.2, 0) is 16.1 Å². The lowest BCUT2D eigenvalue weighted by atomic mass is 9.92. The van der Waals surface area contributed by atoms with Gasteiger partial charge in [0.15, 0.2) is 0 Å². The van der Waals surface area contributed by atoms with Crippen LogP contribution >= 0.6 is 0 Å². The van der Waals surface area contributed by atoms with Gasteiger partial charge in [0, 0.05) is 12.5 Å². The molecule has 2 unspecified atom stereocenters. The first kappa shape index (κ1) is 16.0. The van der Waals surface area contributed by atoms with Crippen molar-refractivity contribution < 1.29 is 14.0 Å². The molecule has 0 spiro atoms. The largest absolute Gasteiger partial charge is 0.448 e. The summed E-state index contributed by atoms with van der Waals surface area (Å²) in [5.41, 5.74) is 0. The molecule has 2 heterocycles. The predicted molar refractivity (Wildman–Crippen MR) is 76.1 cm³/mol. The van der Waals surface area contributed by atoms with Crippen molar-refractivity contribution in [2.24, 2.45) is 5.92 Å². The number of carbonyl (C=O) groups excluding carboxylic acids is 2. The summed E-state index contributed by atoms with van der Waals surface area (Å²) in [4.78, 5) is 27.4. The molecule has 22 heavy (non-hydrogen) atoms. The molecule has 2 rings (SSSR count). The van der Waals surface area contributed by atoms with E-state index in [1.54, 1.807) is 0 Å². The number of hydrogen-bond acceptors (Lipinski definition) is 6. The molecule has 1 aromatic heterocycles. The van der Waals surface area contributed by atoms with Gasteiger partial charge >= 0.3 is 0 Å². The van der Waals surface area contributed by atoms with E-state index in [2.05, 4.69) is 20.9 Å². The van der Waals surface area contributed by atoms with Crippen LogP contribution in [0.15, 0.2) is 16.9 Å². The zero-order valence-corrected chi connectivity index (χ0v) is 12.2. The molecule has 1 saturated heterocycles. The van der Waals surface area contributed by atoms with E-state index in [0.717, 1.165) is 12.8 Å². The normalized spacial score (nSPS) is 19.0. The van der Waals surface area contributed by atoms with Crippen LogP contribution in [0, 0.1) is 17.2 Å². The molecule has 0 bridgehead atoms. The number of hydrogen-bond donors (Lipinski definition) is 3. The maximum absolute atomic E-state index is 11.8. The third-order valence-electron chi connectivity index (χ3n) is 3.46. The van der Waals surface area contributed by atoms with Crippen molar-refractivity contribution in [1.29, 1.82) is 5.26 Å². The summed E-state index contributed by atoms with van der Waals surface area (Å²) in [7, 11) is 0. The Bertz CT molecular complexity index is 537. The quantitative estimate of drug-likeness (QED) is 0.635. The SMILES string of the molecule is N#CC(CC1CCCNC1=O)NC(=O)CNCc1ncco1. The Morgan fingerprint density at radius 3 is 3.18 bits per heavy atom. The molecule has 0 saturated carbocycles. The maximum atomic E-state index is 11.8. The van der Waals surface area contributed by atoms with Crippen LogP contribution in [0.4, 0.5) is 0 Å². The van der Waals surface area contributed by atoms with Crippen LogP contribution in [0.1, 0.15) is 25.2 Å². The smallest absolute Gasteiger partial charge is 0.235 e. The second-order valence-electron chi connectivity index (χ2n) is 5.14. The summed E-state index contributed by atoms with van der Waals surface area (Å²) in [6.07, 6.45) is 4.98. The summed E-state index contributed by atoms with van der Waals surface area (Å²) < 4.78 is 5.03. The van der Waals surface area contributed by atoms with Crippen molar-refractivity contribution in [3.8, 4) is 6.07 Å². The molecule has 0 radical (unpaired) electrons. The number of amides is 2. The third kappa shape index (κ3) is 4.86. The van der Waals surface area contributed by atoms with Gasteiger partial charge in [-0.15, -0.1) is 0 Å². The Balaban J connectivity index is 1.71. The van der Waals surface area contributed by atoms with Gasteiger partial charge in [0.1, 0.15) is 12.3 Å². The number of nitriles is 1. The molecule has 1 aromatic rings. The summed E-state index contributed by atoms with van der Waals surface area (Å²) in [6.45, 7) is 1.07. The van der Waals surface area contributed by atoms with Crippen LogP contribution in [0.25, 0.3) is 0 Å². The lowest BCUT2D eigenvalue weighted by molar-refractivity contribution is -0.127. The van der Waals surface area contributed by atoms with E-state index in [4.69, 9.17) is 9.68 Å². The zero-order chi connectivity index (χ0) is 15.8. The fourth-order valence-corrected chi connectivity index (χ4v) is 2.36. The number of carbonyl (C=O) groups is 2. The molecular weight excluding hydrogens is 286 g/mol. The van der Waals surface area contributed by atoms with Crippen molar-refractivity contribution in [2.75, 3.05) is 13.1 Å². The summed E-state index contributed by atoms with van der Waals surface area (Å²) in [5.74, 6) is -0.0559. The predicted octanol–water partition coefficient (Wildman–Crippen LogP) is -0.311. The van der Waals surface area contributed by atoms with Gasteiger partial charge in [-0.25, -0.2) is 4.98 Å². The van der Waals surface area contributed by atoms with E-state index in [1.165, 1.54) is 12.5 Å². The fraction of sp³-hybridized carbons (Fsp3) is 0.571. The molecule has 2 amide bonds. The van der Waals surface area contributed by atoms with Gasteiger partial charge < -0.3 is 15.1 Å². The average Bonchev–Trinajstić information content (AvgIpc) is 3.02. The second-order valence-corrected chi connectivity index (χ2v) is 5.14. The fourth-order valence-electron chi connectivity index (χ4n) is 2.36. The first-order chi connectivity index (χ1) is 10.7. The Kier molecular flexibility index (Phi) is 5.91. The molecule has 2 atom stereocenters. The number of aromatic nitrogens is 1. The Morgan fingerprint density at radius 1 is 1.64 bits per heavy atom. The summed E-state index contributed by atoms with van der Waals surface area (Å²) >= 11 is 0. The molecule has 1 aliphatic heterocycles. The van der Waals surface area contributed by atoms with Gasteiger partial charge in [-0.05, 0) is 19.3 Å². The zero-order valence-electron chi connectivity index (χ0n) is 12.2. The highest BCUT2D eigenvalue weighted by Crippen LogP contribution is 2.17. The monoisotopic (exact) mass is 305 g/mol. The minimum atomic E-state index is -0.662. The molecule has 1 aliphatic rings. The van der Waals surface area contributed by atoms with E-state index in [-0.39, 0.29) is 24.3 Å². The third-order valence-corrected chi connectivity index (χ3v) is 3.46. The minimum absolute atomic E-state index is 0.0391. The van der Waals surface area contributed by atoms with E-state index in [0.29, 0.717) is 25.4 Å². The van der Waals surface area contributed by atoms with E-state index >= 15 is 0 Å². The highest BCUT2D eigenvalue weighted by Gasteiger charge is 2.26. The Labute approximate surface area is 128 Å². The molecular formula is C14H19N5O3. The number of rotatable bonds is 7. The van der Waals surface area contributed by atoms with Crippen molar-refractivity contribution >= 4 is 11.8 Å². The van der Waals surface area contributed by atoms with Crippen LogP contribution in [0.3, 0.4) is 0 Å². The van der Waals surface area contributed by atoms with Crippen LogP contribution < -0.4 is 16.0 Å². The first-order valence-corrected chi connectivity index (χ1v) is 7.25. The standard InChI is InChI=1S/C14H19N5O3/c15-7-11(6-10-2-1-3-18-14(10)21)19-12(20)8-16-9-13-17-4-5-22-13/h4-5,10-11,16H,1-3,6,8-9H2,(H,18,21)(H,19,20). The Morgan fingerprint density at radius 2 is 2.50 bits per heavy atom. The average molecular weight is 305 g/mol. The molecule has 118 valence electrons. The summed E-state index contributed by atoms with van der Waals surface area (Å²) in [5, 5.41) is 17.4. The van der Waals surface area contributed by atoms with E-state index in [1.807, 2.05) is 6.07 Å². The van der Waals surface area contributed by atoms with Crippen molar-refractivity contribution in [1.82, 2.24) is 20.9 Å². The molecule has 1 fully saturated rings. The van der Waals surface area contributed by atoms with Gasteiger partial charge in [0.2, 0.25) is 17.7 Å². The Hall–Kier alpha value is -2.40. The lowest BCUT2D eigenvalue weighted by Gasteiger charge is -2.23. The van der Waals surface area contributed by atoms with Gasteiger partial charge in [0.25, 0.3) is 0 Å². The summed E-state index contributed by atoms with van der Waals surface area (Å²) in [6, 6.07) is 1.37. The van der Waals surface area contributed by atoms with Gasteiger partial charge in [-0.2, -0.15) is 5.26 Å². The molecule has 8 heteroatoms. The second kappa shape index (κ2) is 8.14. The van der Waals surface area contributed by atoms with E-state index < -0.39 is 6.04 Å². The highest BCUT2D eigenvalue weighted by atomic mass is 16.3. The number of nitrogens with one attached hydrogen (secondary N) is 3. The highest BCUT2D eigenvalue weighted by molar-refractivity contribution is 5.80. The van der Waals surface area contributed by atoms with Crippen molar-refractivity contribution in [3.05, 3.63) is 18.4 Å². The topological polar surface area (TPSA) is 120 Å². The minimum Gasteiger partial charge on any atom is -0.448 e. The van der Waals surface area contributed by atoms with Crippen LogP contribution in [0.2, 0.25) is 0 Å². The maximum Gasteiger partial charge on any atom is 0.235 e. The lowest BCUT2D eigenvalue weighted by Crippen LogP contribution is -2.44. The van der Waals surface area contributed by atoms with Gasteiger partial charge in [-0.3, -0.25) is 14.9 Å². The molecule has 0 aromatic carbocycles. The van der Waals surface area contributed by atoms with Crippen molar-refractivity contribution in [3.63, 3.8) is 0 Å². The molecule has 0 aliphatic carbocycles. The van der Waals surface area contributed by atoms with Gasteiger partial charge in [0.05, 0.1) is 25.4 Å². The molecule has 3 N–H and O–H groups in total. The van der Waals surface area contributed by atoms with Crippen LogP contribution in [0.5, 0.6) is 0 Å². The first-order valence-electron chi connectivity index (χ1n) is 7.25. The number of oxazole rings is 1. The number of nitrogens with zero attached hydrogens (tertiary/aromatic N) is 2. The van der Waals surface area contributed by atoms with E-state index in [9.17, 15) is 9.59 Å². The van der Waals surface area contributed by atoms with Crippen LogP contribution in [-0.4, -0.2) is 35.9 Å². The van der Waals surface area contributed by atoms with Gasteiger partial charge in [-0.1, -0.05) is 0 Å². The number of piperidine rings is 1. The van der Waals surface area contributed by atoms with Crippen molar-refractivity contribution in [2.45, 2.75) is 31.8 Å². The molecule has 8 nitrogen and oxygen atoms in total.